The summed E-state index contributed by atoms with van der Waals surface area (Å²) in [6.07, 6.45) is -0.00879. The molecule has 0 saturated carbocycles. The van der Waals surface area contributed by atoms with E-state index in [1.54, 1.807) is 36.4 Å². The van der Waals surface area contributed by atoms with Gasteiger partial charge in [0, 0.05) is 24.0 Å². The van der Waals surface area contributed by atoms with Gasteiger partial charge in [-0.2, -0.15) is 0 Å². The summed E-state index contributed by atoms with van der Waals surface area (Å²) in [6, 6.07) is 8.50. The van der Waals surface area contributed by atoms with Gasteiger partial charge in [-0.3, -0.25) is 4.21 Å². The Morgan fingerprint density at radius 2 is 1.61 bits per heavy atom. The zero-order valence-corrected chi connectivity index (χ0v) is 18.6. The third-order valence-corrected chi connectivity index (χ3v) is 5.55. The smallest absolute Gasteiger partial charge is 0.332 e. The number of rotatable bonds is 11. The summed E-state index contributed by atoms with van der Waals surface area (Å²) in [5, 5.41) is 20.1. The van der Waals surface area contributed by atoms with Crippen molar-refractivity contribution < 1.29 is 38.2 Å². The molecule has 31 heavy (non-hydrogen) atoms. The summed E-state index contributed by atoms with van der Waals surface area (Å²) in [6.45, 7) is 0. The Morgan fingerprint density at radius 1 is 1.00 bits per heavy atom. The first-order valence-electron chi connectivity index (χ1n) is 9.25. The fourth-order valence-electron chi connectivity index (χ4n) is 2.93. The molecule has 8 nitrogen and oxygen atoms in total. The number of aliphatic carboxylic acids is 1. The first kappa shape index (κ1) is 24.2. The largest absolute Gasteiger partial charge is 0.496 e. The normalized spacial score (nSPS) is 12.9. The highest BCUT2D eigenvalue weighted by Crippen LogP contribution is 2.35. The van der Waals surface area contributed by atoms with Crippen LogP contribution >= 0.6 is 0 Å². The van der Waals surface area contributed by atoms with Crippen LogP contribution in [-0.4, -0.2) is 54.9 Å². The predicted molar refractivity (Wildman–Crippen MR) is 117 cm³/mol. The molecule has 0 amide bonds. The maximum Gasteiger partial charge on any atom is 0.332 e. The van der Waals surface area contributed by atoms with E-state index in [2.05, 4.69) is 0 Å². The maximum absolute atomic E-state index is 12.6. The molecule has 2 N–H and O–H groups in total. The predicted octanol–water partition coefficient (Wildman–Crippen LogP) is 2.63. The quantitative estimate of drug-likeness (QED) is 0.537. The minimum Gasteiger partial charge on any atom is -0.496 e. The molecule has 0 heterocycles. The molecule has 2 atom stereocenters. The van der Waals surface area contributed by atoms with Crippen LogP contribution < -0.4 is 18.9 Å². The van der Waals surface area contributed by atoms with Crippen LogP contribution in [0.1, 0.15) is 16.7 Å². The molecule has 0 fully saturated rings. The Hall–Kier alpha value is -3.04. The zero-order chi connectivity index (χ0) is 23.0. The lowest BCUT2D eigenvalue weighted by atomic mass is 10.0. The number of hydrogen-bond donors (Lipinski definition) is 2. The van der Waals surface area contributed by atoms with Crippen molar-refractivity contribution in [3.8, 4) is 23.0 Å². The Labute approximate surface area is 183 Å². The van der Waals surface area contributed by atoms with E-state index in [9.17, 15) is 14.1 Å². The first-order chi connectivity index (χ1) is 14.8. The summed E-state index contributed by atoms with van der Waals surface area (Å²) >= 11 is 0. The number of aliphatic hydroxyl groups is 1. The second-order valence-electron chi connectivity index (χ2n) is 6.48. The van der Waals surface area contributed by atoms with Gasteiger partial charge in [-0.1, -0.05) is 12.1 Å². The van der Waals surface area contributed by atoms with E-state index in [1.165, 1.54) is 33.8 Å². The number of ether oxygens (including phenoxy) is 4. The summed E-state index contributed by atoms with van der Waals surface area (Å²) < 4.78 is 33.9. The van der Waals surface area contributed by atoms with Gasteiger partial charge in [0.25, 0.3) is 0 Å². The van der Waals surface area contributed by atoms with Crippen molar-refractivity contribution >= 4 is 22.8 Å². The van der Waals surface area contributed by atoms with Crippen molar-refractivity contribution in [3.63, 3.8) is 0 Å². The first-order valence-corrected chi connectivity index (χ1v) is 10.6. The zero-order valence-electron chi connectivity index (χ0n) is 17.8. The highest BCUT2D eigenvalue weighted by Gasteiger charge is 2.17. The topological polar surface area (TPSA) is 112 Å². The minimum atomic E-state index is -1.55. The van der Waals surface area contributed by atoms with E-state index < -0.39 is 22.9 Å². The number of hydrogen-bond acceptors (Lipinski definition) is 7. The minimum absolute atomic E-state index is 0.116. The molecule has 2 unspecified atom stereocenters. The average molecular weight is 451 g/mol. The van der Waals surface area contributed by atoms with Crippen LogP contribution in [-0.2, 0) is 27.8 Å². The standard InChI is InChI=1S/C22H26O8S/c1-27-16-11-20(29-3)17(21(12-16)30-4)7-8-31(26)13-14-5-6-19(28-2)15(9-14)10-18(23)22(24)25/h5-9,11-12,18,23H,10,13H2,1-4H3,(H,24,25)/b8-7+. The van der Waals surface area contributed by atoms with E-state index in [4.69, 9.17) is 24.1 Å². The van der Waals surface area contributed by atoms with Gasteiger partial charge in [-0.05, 0) is 23.3 Å². The Balaban J connectivity index is 2.23. The summed E-state index contributed by atoms with van der Waals surface area (Å²) in [5.41, 5.74) is 1.86. The fourth-order valence-corrected chi connectivity index (χ4v) is 3.82. The van der Waals surface area contributed by atoms with Crippen molar-refractivity contribution in [2.24, 2.45) is 0 Å². The van der Waals surface area contributed by atoms with E-state index in [-0.39, 0.29) is 12.2 Å². The van der Waals surface area contributed by atoms with Crippen LogP contribution in [0.4, 0.5) is 0 Å². The summed E-state index contributed by atoms with van der Waals surface area (Å²) in [7, 11) is 4.66. The lowest BCUT2D eigenvalue weighted by Gasteiger charge is -2.13. The third-order valence-electron chi connectivity index (χ3n) is 4.49. The lowest BCUT2D eigenvalue weighted by Crippen LogP contribution is -2.22. The van der Waals surface area contributed by atoms with Crippen LogP contribution in [0.15, 0.2) is 35.7 Å². The van der Waals surface area contributed by atoms with Crippen molar-refractivity contribution in [1.29, 1.82) is 0 Å². The van der Waals surface area contributed by atoms with E-state index in [0.717, 1.165) is 0 Å². The van der Waals surface area contributed by atoms with Gasteiger partial charge in [-0.25, -0.2) is 4.79 Å². The van der Waals surface area contributed by atoms with Crippen molar-refractivity contribution in [1.82, 2.24) is 0 Å². The summed E-state index contributed by atoms with van der Waals surface area (Å²) in [5.74, 6) is 0.927. The molecule has 2 aromatic carbocycles. The maximum atomic E-state index is 12.6. The van der Waals surface area contributed by atoms with Gasteiger partial charge in [0.2, 0.25) is 0 Å². The van der Waals surface area contributed by atoms with E-state index in [0.29, 0.717) is 39.7 Å². The number of carbonyl (C=O) groups is 1. The SMILES string of the molecule is COc1cc(OC)c(/C=C/S(=O)Cc2ccc(OC)c(CC(O)C(=O)O)c2)c(OC)c1. The molecule has 2 aromatic rings. The highest BCUT2D eigenvalue weighted by atomic mass is 32.2. The molecule has 0 spiro atoms. The molecule has 0 aliphatic heterocycles. The van der Waals surface area contributed by atoms with Crippen LogP contribution in [0.25, 0.3) is 6.08 Å². The van der Waals surface area contributed by atoms with Gasteiger partial charge in [0.1, 0.15) is 23.0 Å². The lowest BCUT2D eigenvalue weighted by molar-refractivity contribution is -0.146. The number of carboxylic acids is 1. The fraction of sp³-hybridized carbons (Fsp3) is 0.318. The number of benzene rings is 2. The van der Waals surface area contributed by atoms with Crippen molar-refractivity contribution in [2.75, 3.05) is 28.4 Å². The second kappa shape index (κ2) is 11.4. The summed E-state index contributed by atoms with van der Waals surface area (Å²) in [4.78, 5) is 11.0. The molecule has 168 valence electrons. The average Bonchev–Trinajstić information content (AvgIpc) is 2.77. The van der Waals surface area contributed by atoms with E-state index >= 15 is 0 Å². The molecule has 9 heteroatoms. The van der Waals surface area contributed by atoms with Crippen LogP contribution in [0.3, 0.4) is 0 Å². The van der Waals surface area contributed by atoms with Gasteiger partial charge in [-0.15, -0.1) is 0 Å². The molecule has 0 aromatic heterocycles. The van der Waals surface area contributed by atoms with Crippen LogP contribution in [0.5, 0.6) is 23.0 Å². The molecule has 0 saturated heterocycles. The molecule has 2 rings (SSSR count). The van der Waals surface area contributed by atoms with Gasteiger partial charge in [0.05, 0.1) is 50.6 Å². The van der Waals surface area contributed by atoms with Gasteiger partial charge in [0.15, 0.2) is 6.10 Å². The van der Waals surface area contributed by atoms with Gasteiger partial charge < -0.3 is 29.2 Å². The monoisotopic (exact) mass is 450 g/mol. The number of carboxylic acid groups (broad SMARTS) is 1. The highest BCUT2D eigenvalue weighted by molar-refractivity contribution is 7.87. The van der Waals surface area contributed by atoms with Crippen LogP contribution in [0.2, 0.25) is 0 Å². The van der Waals surface area contributed by atoms with Gasteiger partial charge >= 0.3 is 5.97 Å². The molecule has 0 bridgehead atoms. The number of methoxy groups -OCH3 is 4. The van der Waals surface area contributed by atoms with Crippen LogP contribution in [0, 0.1) is 0 Å². The Kier molecular flexibility index (Phi) is 8.89. The Bertz CT molecular complexity index is 945. The van der Waals surface area contributed by atoms with Crippen molar-refractivity contribution in [3.05, 3.63) is 52.4 Å². The molecular formula is C22H26O8S. The molecular weight excluding hydrogens is 424 g/mol. The molecule has 0 aliphatic carbocycles. The molecule has 0 aliphatic rings. The second-order valence-corrected chi connectivity index (χ2v) is 7.80. The number of aliphatic hydroxyl groups excluding tert-OH is 1. The van der Waals surface area contributed by atoms with Crippen molar-refractivity contribution in [2.45, 2.75) is 18.3 Å². The van der Waals surface area contributed by atoms with E-state index in [1.807, 2.05) is 0 Å². The Morgan fingerprint density at radius 3 is 2.13 bits per heavy atom. The molecule has 0 radical (unpaired) electrons. The third kappa shape index (κ3) is 6.47.